The molecule has 0 aliphatic heterocycles. The van der Waals surface area contributed by atoms with E-state index in [4.69, 9.17) is 0 Å². The highest BCUT2D eigenvalue weighted by atomic mass is 16.2. The first-order valence-corrected chi connectivity index (χ1v) is 8.48. The second kappa shape index (κ2) is 8.64. The van der Waals surface area contributed by atoms with Crippen LogP contribution < -0.4 is 10.6 Å². The molecular formula is C19H27N3O2. The fraction of sp³-hybridized carbons (Fsp3) is 0.474. The number of benzene rings is 1. The van der Waals surface area contributed by atoms with E-state index in [9.17, 15) is 9.59 Å². The predicted molar refractivity (Wildman–Crippen MR) is 97.0 cm³/mol. The van der Waals surface area contributed by atoms with Crippen LogP contribution in [-0.4, -0.2) is 42.4 Å². The highest BCUT2D eigenvalue weighted by Gasteiger charge is 2.30. The molecule has 0 heterocycles. The van der Waals surface area contributed by atoms with Gasteiger partial charge in [-0.3, -0.25) is 14.5 Å². The number of hydrogen-bond acceptors (Lipinski definition) is 3. The fourth-order valence-electron chi connectivity index (χ4n) is 2.59. The Morgan fingerprint density at radius 2 is 2.04 bits per heavy atom. The molecular weight excluding hydrogens is 302 g/mol. The second-order valence-electron chi connectivity index (χ2n) is 6.41. The molecule has 130 valence electrons. The first-order chi connectivity index (χ1) is 11.5. The molecule has 2 rings (SSSR count). The zero-order valence-corrected chi connectivity index (χ0v) is 14.6. The van der Waals surface area contributed by atoms with Crippen LogP contribution in [0.5, 0.6) is 0 Å². The molecule has 0 spiro atoms. The van der Waals surface area contributed by atoms with Crippen molar-refractivity contribution in [1.82, 2.24) is 10.2 Å². The van der Waals surface area contributed by atoms with Crippen LogP contribution in [0.1, 0.15) is 30.4 Å². The van der Waals surface area contributed by atoms with Gasteiger partial charge in [0.05, 0.1) is 6.54 Å². The quantitative estimate of drug-likeness (QED) is 0.684. The summed E-state index contributed by atoms with van der Waals surface area (Å²) >= 11 is 0. The third-order valence-corrected chi connectivity index (χ3v) is 4.15. The van der Waals surface area contributed by atoms with Crippen molar-refractivity contribution in [3.8, 4) is 0 Å². The Morgan fingerprint density at radius 1 is 1.29 bits per heavy atom. The van der Waals surface area contributed by atoms with Crippen LogP contribution in [0.3, 0.4) is 0 Å². The van der Waals surface area contributed by atoms with Gasteiger partial charge in [-0.05, 0) is 43.9 Å². The zero-order chi connectivity index (χ0) is 17.5. The van der Waals surface area contributed by atoms with Crippen LogP contribution in [0.2, 0.25) is 0 Å². The Morgan fingerprint density at radius 3 is 2.71 bits per heavy atom. The number of nitrogens with zero attached hydrogens (tertiary/aromatic N) is 1. The van der Waals surface area contributed by atoms with Crippen molar-refractivity contribution in [2.45, 2.75) is 39.2 Å². The van der Waals surface area contributed by atoms with Crippen LogP contribution in [0, 0.1) is 13.8 Å². The monoisotopic (exact) mass is 329 g/mol. The number of carbonyl (C=O) groups is 2. The van der Waals surface area contributed by atoms with Crippen molar-refractivity contribution in [2.24, 2.45) is 0 Å². The minimum absolute atomic E-state index is 0.00418. The first-order valence-electron chi connectivity index (χ1n) is 8.48. The zero-order valence-electron chi connectivity index (χ0n) is 14.6. The number of hydrogen-bond donors (Lipinski definition) is 2. The van der Waals surface area contributed by atoms with Crippen molar-refractivity contribution in [1.29, 1.82) is 0 Å². The van der Waals surface area contributed by atoms with E-state index in [2.05, 4.69) is 22.1 Å². The van der Waals surface area contributed by atoms with Crippen molar-refractivity contribution >= 4 is 17.5 Å². The number of nitrogens with one attached hydrogen (secondary N) is 2. The van der Waals surface area contributed by atoms with E-state index in [1.165, 1.54) is 0 Å². The van der Waals surface area contributed by atoms with Crippen molar-refractivity contribution in [3.63, 3.8) is 0 Å². The number of aryl methyl sites for hydroxylation is 2. The lowest BCUT2D eigenvalue weighted by molar-refractivity contribution is -0.122. The van der Waals surface area contributed by atoms with Gasteiger partial charge in [-0.2, -0.15) is 0 Å². The average molecular weight is 329 g/mol. The van der Waals surface area contributed by atoms with Gasteiger partial charge in [-0.15, -0.1) is 6.58 Å². The summed E-state index contributed by atoms with van der Waals surface area (Å²) in [5.74, 6) is -0.0300. The minimum Gasteiger partial charge on any atom is -0.353 e. The van der Waals surface area contributed by atoms with E-state index >= 15 is 0 Å². The van der Waals surface area contributed by atoms with Crippen molar-refractivity contribution in [3.05, 3.63) is 42.0 Å². The van der Waals surface area contributed by atoms with Crippen LogP contribution in [0.15, 0.2) is 30.9 Å². The highest BCUT2D eigenvalue weighted by Crippen LogP contribution is 2.27. The van der Waals surface area contributed by atoms with Crippen LogP contribution in [-0.2, 0) is 9.59 Å². The molecule has 1 saturated carbocycles. The Balaban J connectivity index is 1.86. The molecule has 0 radical (unpaired) electrons. The normalized spacial score (nSPS) is 13.6. The summed E-state index contributed by atoms with van der Waals surface area (Å²) in [5.41, 5.74) is 3.03. The number of amides is 2. The maximum Gasteiger partial charge on any atom is 0.238 e. The smallest absolute Gasteiger partial charge is 0.238 e. The van der Waals surface area contributed by atoms with Crippen LogP contribution in [0.4, 0.5) is 5.69 Å². The van der Waals surface area contributed by atoms with Gasteiger partial charge in [0.1, 0.15) is 0 Å². The first kappa shape index (κ1) is 18.2. The molecule has 5 nitrogen and oxygen atoms in total. The second-order valence-corrected chi connectivity index (χ2v) is 6.41. The Hall–Kier alpha value is -2.14. The minimum atomic E-state index is -0.0258. The average Bonchev–Trinajstić information content (AvgIpc) is 3.37. The number of rotatable bonds is 9. The van der Waals surface area contributed by atoms with Gasteiger partial charge in [0, 0.05) is 31.2 Å². The van der Waals surface area contributed by atoms with E-state index in [1.54, 1.807) is 6.08 Å². The molecule has 1 fully saturated rings. The molecule has 0 unspecified atom stereocenters. The lowest BCUT2D eigenvalue weighted by atomic mass is 10.1. The Labute approximate surface area is 144 Å². The van der Waals surface area contributed by atoms with Crippen molar-refractivity contribution < 1.29 is 9.59 Å². The summed E-state index contributed by atoms with van der Waals surface area (Å²) in [5, 5.41) is 5.76. The molecule has 0 atom stereocenters. The van der Waals surface area contributed by atoms with Gasteiger partial charge in [-0.1, -0.05) is 18.2 Å². The van der Waals surface area contributed by atoms with E-state index in [1.807, 2.05) is 32.0 Å². The maximum absolute atomic E-state index is 12.4. The van der Waals surface area contributed by atoms with E-state index in [-0.39, 0.29) is 11.8 Å². The summed E-state index contributed by atoms with van der Waals surface area (Å²) in [6.45, 7) is 8.98. The molecule has 1 aromatic rings. The molecule has 0 bridgehead atoms. The molecule has 1 aliphatic carbocycles. The predicted octanol–water partition coefficient (Wildman–Crippen LogP) is 2.40. The fourth-order valence-corrected chi connectivity index (χ4v) is 2.59. The topological polar surface area (TPSA) is 61.4 Å². The number of carbonyl (C=O) groups excluding carboxylic acids is 2. The van der Waals surface area contributed by atoms with E-state index in [0.29, 0.717) is 32.1 Å². The standard InChI is InChI=1S/C19H27N3O2/c1-4-10-20-18(23)9-11-22(16-7-8-16)13-19(24)21-17-12-14(2)5-6-15(17)3/h4-6,12,16H,1,7-11,13H2,2-3H3,(H,20,23)(H,21,24). The molecule has 1 aliphatic rings. The summed E-state index contributed by atoms with van der Waals surface area (Å²) in [4.78, 5) is 26.2. The molecule has 1 aromatic carbocycles. The third kappa shape index (κ3) is 5.81. The van der Waals surface area contributed by atoms with Gasteiger partial charge in [0.25, 0.3) is 0 Å². The summed E-state index contributed by atoms with van der Waals surface area (Å²) in [6, 6.07) is 6.45. The summed E-state index contributed by atoms with van der Waals surface area (Å²) < 4.78 is 0. The van der Waals surface area contributed by atoms with E-state index in [0.717, 1.165) is 29.7 Å². The molecule has 2 amide bonds. The van der Waals surface area contributed by atoms with Crippen LogP contribution >= 0.6 is 0 Å². The lowest BCUT2D eigenvalue weighted by Gasteiger charge is -2.21. The molecule has 2 N–H and O–H groups in total. The Kier molecular flexibility index (Phi) is 6.55. The molecule has 5 heteroatoms. The number of anilines is 1. The van der Waals surface area contributed by atoms with Gasteiger partial charge >= 0.3 is 0 Å². The SMILES string of the molecule is C=CCNC(=O)CCN(CC(=O)Nc1cc(C)ccc1C)C1CC1. The van der Waals surface area contributed by atoms with Crippen LogP contribution in [0.25, 0.3) is 0 Å². The maximum atomic E-state index is 12.4. The van der Waals surface area contributed by atoms with Crippen molar-refractivity contribution in [2.75, 3.05) is 25.0 Å². The van der Waals surface area contributed by atoms with Gasteiger partial charge in [0.2, 0.25) is 11.8 Å². The largest absolute Gasteiger partial charge is 0.353 e. The highest BCUT2D eigenvalue weighted by molar-refractivity contribution is 5.93. The third-order valence-electron chi connectivity index (χ3n) is 4.15. The summed E-state index contributed by atoms with van der Waals surface area (Å²) in [6.07, 6.45) is 4.27. The molecule has 0 saturated heterocycles. The van der Waals surface area contributed by atoms with Gasteiger partial charge in [-0.25, -0.2) is 0 Å². The summed E-state index contributed by atoms with van der Waals surface area (Å²) in [7, 11) is 0. The Bertz CT molecular complexity index is 609. The van der Waals surface area contributed by atoms with Gasteiger partial charge in [0.15, 0.2) is 0 Å². The lowest BCUT2D eigenvalue weighted by Crippen LogP contribution is -2.38. The van der Waals surface area contributed by atoms with E-state index < -0.39 is 0 Å². The molecule has 0 aromatic heterocycles. The molecule has 24 heavy (non-hydrogen) atoms. The van der Waals surface area contributed by atoms with Gasteiger partial charge < -0.3 is 10.6 Å².